The van der Waals surface area contributed by atoms with Gasteiger partial charge in [0.15, 0.2) is 22.9 Å². The Kier molecular flexibility index (Phi) is 6.94. The van der Waals surface area contributed by atoms with Gasteiger partial charge in [-0.05, 0) is 62.2 Å². The molecule has 3 aliphatic rings. The zero-order chi connectivity index (χ0) is 30.8. The Morgan fingerprint density at radius 3 is 2.19 bits per heavy atom. The number of hydrogen-bond acceptors (Lipinski definition) is 11. The number of hydrogen-bond donors (Lipinski definition) is 5. The van der Waals surface area contributed by atoms with Gasteiger partial charge in [0, 0.05) is 17.1 Å². The molecular formula is C30H32N2O10. The van der Waals surface area contributed by atoms with E-state index in [1.165, 1.54) is 32.3 Å². The van der Waals surface area contributed by atoms with E-state index in [-0.39, 0.29) is 29.7 Å². The molecule has 222 valence electrons. The van der Waals surface area contributed by atoms with Crippen molar-refractivity contribution in [2.24, 2.45) is 17.6 Å². The second kappa shape index (κ2) is 10.1. The predicted molar refractivity (Wildman–Crippen MR) is 149 cm³/mol. The highest BCUT2D eigenvalue weighted by molar-refractivity contribution is 6.24. The number of nitrogens with two attached hydrogens (primary N) is 1. The van der Waals surface area contributed by atoms with Crippen LogP contribution in [0.5, 0.6) is 23.0 Å². The van der Waals surface area contributed by atoms with E-state index in [0.29, 0.717) is 33.9 Å². The highest BCUT2D eigenvalue weighted by Gasteiger charge is 2.64. The Labute approximate surface area is 241 Å². The van der Waals surface area contributed by atoms with Crippen molar-refractivity contribution in [3.05, 3.63) is 52.3 Å². The molecule has 4 atom stereocenters. The summed E-state index contributed by atoms with van der Waals surface area (Å²) in [5.41, 5.74) is 3.18. The summed E-state index contributed by atoms with van der Waals surface area (Å²) in [6.07, 6.45) is 0.0969. The van der Waals surface area contributed by atoms with Crippen LogP contribution in [0.1, 0.15) is 17.5 Å². The van der Waals surface area contributed by atoms with Crippen molar-refractivity contribution in [1.82, 2.24) is 4.90 Å². The molecule has 2 aromatic rings. The Hall–Kier alpha value is -4.55. The molecule has 2 aromatic carbocycles. The van der Waals surface area contributed by atoms with Crippen LogP contribution in [-0.2, 0) is 20.8 Å². The number of nitrogens with zero attached hydrogens (tertiary/aromatic N) is 1. The van der Waals surface area contributed by atoms with E-state index < -0.39 is 58.0 Å². The van der Waals surface area contributed by atoms with Crippen molar-refractivity contribution in [3.8, 4) is 34.1 Å². The molecule has 42 heavy (non-hydrogen) atoms. The minimum atomic E-state index is -2.70. The molecule has 12 heteroatoms. The number of Topliss-reactive ketones (excluding diaryl/α,β-unsaturated/α-hetero) is 2. The summed E-state index contributed by atoms with van der Waals surface area (Å²) in [5.74, 6) is -6.00. The van der Waals surface area contributed by atoms with Gasteiger partial charge in [-0.1, -0.05) is 6.07 Å². The number of aliphatic hydroxyl groups excluding tert-OH is 2. The zero-order valence-corrected chi connectivity index (χ0v) is 23.7. The fourth-order valence-corrected chi connectivity index (χ4v) is 6.81. The molecule has 0 radical (unpaired) electrons. The maximum atomic E-state index is 14.0. The van der Waals surface area contributed by atoms with Gasteiger partial charge in [-0.15, -0.1) is 0 Å². The number of rotatable bonds is 6. The van der Waals surface area contributed by atoms with Crippen LogP contribution in [0.3, 0.4) is 0 Å². The molecule has 0 spiro atoms. The van der Waals surface area contributed by atoms with Crippen molar-refractivity contribution in [2.75, 3.05) is 35.4 Å². The lowest BCUT2D eigenvalue weighted by molar-refractivity contribution is -0.153. The maximum Gasteiger partial charge on any atom is 0.255 e. The van der Waals surface area contributed by atoms with Crippen molar-refractivity contribution in [2.45, 2.75) is 24.5 Å². The standard InChI is InChI=1S/C30H32N2O10/c1-32(2)22-16-11-12-10-15-13(14-7-9-18(40-3)26(42-5)25(14)41-4)6-8-17(33)20(15)23(34)19(12)27(36)30(16,39)28(37)21(24(22)35)29(31)38/h6-9,12,16,22,33-34,37,39H,10-11H2,1-5H3,(H2,31,38). The molecular weight excluding hydrogens is 548 g/mol. The molecule has 0 heterocycles. The van der Waals surface area contributed by atoms with Gasteiger partial charge in [-0.25, -0.2) is 0 Å². The van der Waals surface area contributed by atoms with Crippen LogP contribution in [-0.4, -0.2) is 89.9 Å². The minimum Gasteiger partial charge on any atom is -0.508 e. The van der Waals surface area contributed by atoms with Crippen LogP contribution in [0.25, 0.3) is 16.9 Å². The number of aromatic hydroxyl groups is 1. The van der Waals surface area contributed by atoms with E-state index in [4.69, 9.17) is 19.9 Å². The van der Waals surface area contributed by atoms with Gasteiger partial charge in [0.05, 0.1) is 32.9 Å². The molecule has 3 aliphatic carbocycles. The molecule has 1 fully saturated rings. The molecule has 0 aromatic heterocycles. The summed E-state index contributed by atoms with van der Waals surface area (Å²) in [6.45, 7) is 0. The lowest BCUT2D eigenvalue weighted by atomic mass is 9.57. The van der Waals surface area contributed by atoms with Gasteiger partial charge >= 0.3 is 0 Å². The maximum absolute atomic E-state index is 14.0. The van der Waals surface area contributed by atoms with Gasteiger partial charge in [0.2, 0.25) is 11.5 Å². The highest BCUT2D eigenvalue weighted by atomic mass is 16.5. The second-order valence-electron chi connectivity index (χ2n) is 10.8. The predicted octanol–water partition coefficient (Wildman–Crippen LogP) is 1.66. The molecule has 12 nitrogen and oxygen atoms in total. The van der Waals surface area contributed by atoms with Crippen LogP contribution in [0.15, 0.2) is 41.2 Å². The molecule has 1 saturated carbocycles. The van der Waals surface area contributed by atoms with E-state index >= 15 is 0 Å². The summed E-state index contributed by atoms with van der Waals surface area (Å²) >= 11 is 0. The summed E-state index contributed by atoms with van der Waals surface area (Å²) in [5, 5.41) is 45.2. The SMILES string of the molecule is COc1ccc(-c2ccc(O)c3c2CC2CC4C(N(C)C)C(=O)C(C(N)=O)=C(O)C4(O)C(=O)C2=C3O)c(OC)c1OC. The van der Waals surface area contributed by atoms with Crippen molar-refractivity contribution in [1.29, 1.82) is 0 Å². The number of primary amides is 1. The first-order valence-electron chi connectivity index (χ1n) is 13.1. The number of benzene rings is 2. The molecule has 4 unspecified atom stereocenters. The summed E-state index contributed by atoms with van der Waals surface area (Å²) < 4.78 is 16.6. The number of phenols is 1. The summed E-state index contributed by atoms with van der Waals surface area (Å²) in [6, 6.07) is 5.26. The summed E-state index contributed by atoms with van der Waals surface area (Å²) in [7, 11) is 7.51. The van der Waals surface area contributed by atoms with Gasteiger partial charge < -0.3 is 40.4 Å². The monoisotopic (exact) mass is 580 g/mol. The van der Waals surface area contributed by atoms with Gasteiger partial charge in [0.1, 0.15) is 22.8 Å². The van der Waals surface area contributed by atoms with Crippen LogP contribution >= 0.6 is 0 Å². The third-order valence-corrected chi connectivity index (χ3v) is 8.60. The fraction of sp³-hybridized carbons (Fsp3) is 0.367. The van der Waals surface area contributed by atoms with Gasteiger partial charge in [0.25, 0.3) is 5.91 Å². The number of phenolic OH excluding ortho intramolecular Hbond substituents is 1. The Morgan fingerprint density at radius 1 is 0.976 bits per heavy atom. The lowest BCUT2D eigenvalue weighted by Crippen LogP contribution is -2.65. The highest BCUT2D eigenvalue weighted by Crippen LogP contribution is 2.55. The molecule has 6 N–H and O–H groups in total. The van der Waals surface area contributed by atoms with Crippen molar-refractivity contribution >= 4 is 23.2 Å². The fourth-order valence-electron chi connectivity index (χ4n) is 6.81. The average Bonchev–Trinajstić information content (AvgIpc) is 2.93. The number of amides is 1. The van der Waals surface area contributed by atoms with Crippen LogP contribution in [0, 0.1) is 11.8 Å². The largest absolute Gasteiger partial charge is 0.508 e. The van der Waals surface area contributed by atoms with E-state index in [9.17, 15) is 34.8 Å². The first kappa shape index (κ1) is 29.0. The third kappa shape index (κ3) is 3.78. The Balaban J connectivity index is 1.75. The van der Waals surface area contributed by atoms with Crippen LogP contribution in [0.4, 0.5) is 0 Å². The average molecular weight is 581 g/mol. The number of ether oxygens (including phenoxy) is 3. The number of methoxy groups -OCH3 is 3. The molecule has 0 saturated heterocycles. The number of likely N-dealkylation sites (N-methyl/N-ethyl adjacent to an activating group) is 1. The molecule has 5 rings (SSSR count). The smallest absolute Gasteiger partial charge is 0.255 e. The van der Waals surface area contributed by atoms with E-state index in [0.717, 1.165) is 0 Å². The number of aliphatic hydroxyl groups is 3. The van der Waals surface area contributed by atoms with Crippen molar-refractivity contribution < 1.29 is 49.0 Å². The molecule has 0 bridgehead atoms. The number of fused-ring (bicyclic) bond motifs is 3. The Morgan fingerprint density at radius 2 is 1.62 bits per heavy atom. The van der Waals surface area contributed by atoms with Crippen molar-refractivity contribution in [3.63, 3.8) is 0 Å². The third-order valence-electron chi connectivity index (χ3n) is 8.60. The molecule has 1 amide bonds. The Bertz CT molecular complexity index is 1610. The van der Waals surface area contributed by atoms with E-state index in [1.807, 2.05) is 0 Å². The number of carbonyl (C=O) groups excluding carboxylic acids is 3. The van der Waals surface area contributed by atoms with Crippen LogP contribution < -0.4 is 19.9 Å². The summed E-state index contributed by atoms with van der Waals surface area (Å²) in [4.78, 5) is 40.9. The van der Waals surface area contributed by atoms with Gasteiger partial charge in [-0.2, -0.15) is 0 Å². The lowest BCUT2D eigenvalue weighted by Gasteiger charge is -2.50. The van der Waals surface area contributed by atoms with Gasteiger partial charge in [-0.3, -0.25) is 19.3 Å². The van der Waals surface area contributed by atoms with E-state index in [1.54, 1.807) is 32.3 Å². The normalized spacial score (nSPS) is 25.2. The molecule has 0 aliphatic heterocycles. The second-order valence-corrected chi connectivity index (χ2v) is 10.8. The first-order valence-corrected chi connectivity index (χ1v) is 13.1. The number of ketones is 2. The van der Waals surface area contributed by atoms with Crippen LogP contribution in [0.2, 0.25) is 0 Å². The number of carbonyl (C=O) groups is 3. The topological polar surface area (TPSA) is 189 Å². The quantitative estimate of drug-likeness (QED) is 0.313. The van der Waals surface area contributed by atoms with E-state index in [2.05, 4.69) is 0 Å². The first-order chi connectivity index (χ1) is 19.8. The zero-order valence-electron chi connectivity index (χ0n) is 23.7. The minimum absolute atomic E-state index is 0.0239.